The number of nitrogens with two attached hydrogens (primary N) is 1. The van der Waals surface area contributed by atoms with Crippen molar-refractivity contribution in [1.82, 2.24) is 0 Å². The number of benzene rings is 2. The number of alkyl halides is 6. The minimum Gasteiger partial charge on any atom is -0.399 e. The molecule has 0 unspecified atom stereocenters. The second-order valence-electron chi connectivity index (χ2n) is 5.68. The van der Waals surface area contributed by atoms with Gasteiger partial charge in [0.1, 0.15) is 11.6 Å². The Morgan fingerprint density at radius 3 is 1.90 bits per heavy atom. The van der Waals surface area contributed by atoms with Gasteiger partial charge in [0.15, 0.2) is 0 Å². The number of amides is 1. The van der Waals surface area contributed by atoms with Gasteiger partial charge in [0.05, 0.1) is 11.1 Å². The standard InChI is InChI=1S/C18H12F6N4O/c19-17(20,21)11-5-12(18(22,23)24)7-15(6-11)27-9-10(8-25)16(29)28-14-3-1-13(26)2-4-14/h1-7,9,27H,26H2,(H,28,29)/b10-9-. The van der Waals surface area contributed by atoms with E-state index in [4.69, 9.17) is 11.0 Å². The summed E-state index contributed by atoms with van der Waals surface area (Å²) < 4.78 is 77.2. The number of hydrogen-bond donors (Lipinski definition) is 3. The largest absolute Gasteiger partial charge is 0.416 e. The molecule has 0 bridgehead atoms. The van der Waals surface area contributed by atoms with Crippen LogP contribution in [0.15, 0.2) is 54.2 Å². The monoisotopic (exact) mass is 414 g/mol. The molecule has 4 N–H and O–H groups in total. The molecular weight excluding hydrogens is 402 g/mol. The van der Waals surface area contributed by atoms with Crippen molar-refractivity contribution in [2.45, 2.75) is 12.4 Å². The Morgan fingerprint density at radius 2 is 1.45 bits per heavy atom. The molecule has 0 radical (unpaired) electrons. The number of halogens is 6. The molecule has 0 spiro atoms. The number of carbonyl (C=O) groups excluding carboxylic acids is 1. The van der Waals surface area contributed by atoms with Gasteiger partial charge in [0.25, 0.3) is 5.91 Å². The maximum atomic E-state index is 12.9. The molecule has 0 atom stereocenters. The third-order valence-corrected chi connectivity index (χ3v) is 3.50. The van der Waals surface area contributed by atoms with Gasteiger partial charge in [-0.25, -0.2) is 0 Å². The van der Waals surface area contributed by atoms with Crippen LogP contribution >= 0.6 is 0 Å². The summed E-state index contributed by atoms with van der Waals surface area (Å²) in [7, 11) is 0. The second-order valence-corrected chi connectivity index (χ2v) is 5.68. The van der Waals surface area contributed by atoms with Crippen LogP contribution in [0.1, 0.15) is 11.1 Å². The first-order chi connectivity index (χ1) is 13.4. The quantitative estimate of drug-likeness (QED) is 0.291. The van der Waals surface area contributed by atoms with Gasteiger partial charge >= 0.3 is 12.4 Å². The Morgan fingerprint density at radius 1 is 0.931 bits per heavy atom. The van der Waals surface area contributed by atoms with Gasteiger partial charge in [-0.2, -0.15) is 31.6 Å². The molecule has 0 saturated heterocycles. The number of anilines is 3. The Hall–Kier alpha value is -3.68. The smallest absolute Gasteiger partial charge is 0.399 e. The third-order valence-electron chi connectivity index (χ3n) is 3.50. The van der Waals surface area contributed by atoms with Crippen molar-refractivity contribution in [2.75, 3.05) is 16.4 Å². The molecule has 0 aliphatic heterocycles. The number of rotatable bonds is 4. The van der Waals surface area contributed by atoms with Crippen LogP contribution in [-0.4, -0.2) is 5.91 Å². The average molecular weight is 414 g/mol. The first kappa shape index (κ1) is 21.6. The summed E-state index contributed by atoms with van der Waals surface area (Å²) in [6.45, 7) is 0. The van der Waals surface area contributed by atoms with Gasteiger partial charge in [0.2, 0.25) is 0 Å². The van der Waals surface area contributed by atoms with Crippen molar-refractivity contribution in [3.05, 3.63) is 65.4 Å². The fourth-order valence-electron chi connectivity index (χ4n) is 2.11. The van der Waals surface area contributed by atoms with Gasteiger partial charge in [0, 0.05) is 23.3 Å². The van der Waals surface area contributed by atoms with Crippen LogP contribution in [0.5, 0.6) is 0 Å². The molecule has 2 aromatic rings. The van der Waals surface area contributed by atoms with Gasteiger partial charge in [-0.05, 0) is 42.5 Å². The van der Waals surface area contributed by atoms with E-state index in [0.717, 1.165) is 0 Å². The number of nitrogens with one attached hydrogen (secondary N) is 2. The topological polar surface area (TPSA) is 90.9 Å². The van der Waals surface area contributed by atoms with E-state index in [1.165, 1.54) is 30.3 Å². The molecule has 11 heteroatoms. The van der Waals surface area contributed by atoms with Crippen LogP contribution in [0, 0.1) is 11.3 Å². The molecular formula is C18H12F6N4O. The van der Waals surface area contributed by atoms with E-state index in [1.807, 2.05) is 0 Å². The summed E-state index contributed by atoms with van der Waals surface area (Å²) >= 11 is 0. The molecule has 5 nitrogen and oxygen atoms in total. The van der Waals surface area contributed by atoms with E-state index in [1.54, 1.807) is 0 Å². The zero-order chi connectivity index (χ0) is 21.8. The first-order valence-corrected chi connectivity index (χ1v) is 7.73. The van der Waals surface area contributed by atoms with Crippen LogP contribution in [0.25, 0.3) is 0 Å². The highest BCUT2D eigenvalue weighted by Gasteiger charge is 2.36. The molecule has 0 heterocycles. The van der Waals surface area contributed by atoms with E-state index in [0.29, 0.717) is 24.0 Å². The maximum Gasteiger partial charge on any atom is 0.416 e. The van der Waals surface area contributed by atoms with Crippen LogP contribution in [0.3, 0.4) is 0 Å². The van der Waals surface area contributed by atoms with Crippen LogP contribution in [-0.2, 0) is 17.1 Å². The van der Waals surface area contributed by atoms with Crippen LogP contribution in [0.2, 0.25) is 0 Å². The zero-order valence-corrected chi connectivity index (χ0v) is 14.3. The van der Waals surface area contributed by atoms with Crippen molar-refractivity contribution in [2.24, 2.45) is 0 Å². The number of hydrogen-bond acceptors (Lipinski definition) is 4. The summed E-state index contributed by atoms with van der Waals surface area (Å²) in [5.74, 6) is -0.923. The first-order valence-electron chi connectivity index (χ1n) is 7.73. The van der Waals surface area contributed by atoms with Gasteiger partial charge in [-0.3, -0.25) is 4.79 Å². The van der Waals surface area contributed by atoms with E-state index < -0.39 is 40.6 Å². The number of nitrogen functional groups attached to an aromatic ring is 1. The summed E-state index contributed by atoms with van der Waals surface area (Å²) in [5.41, 5.74) is 1.96. The predicted octanol–water partition coefficient (Wildman–Crippen LogP) is 4.76. The van der Waals surface area contributed by atoms with E-state index in [-0.39, 0.29) is 11.8 Å². The lowest BCUT2D eigenvalue weighted by Crippen LogP contribution is -2.15. The van der Waals surface area contributed by atoms with Crippen LogP contribution in [0.4, 0.5) is 43.4 Å². The molecule has 152 valence electrons. The van der Waals surface area contributed by atoms with Crippen molar-refractivity contribution in [3.63, 3.8) is 0 Å². The lowest BCUT2D eigenvalue weighted by atomic mass is 10.1. The number of nitrogens with zero attached hydrogens (tertiary/aromatic N) is 1. The maximum absolute atomic E-state index is 12.9. The van der Waals surface area contributed by atoms with E-state index in [9.17, 15) is 31.1 Å². The highest BCUT2D eigenvalue weighted by Crippen LogP contribution is 2.37. The van der Waals surface area contributed by atoms with Crippen molar-refractivity contribution in [1.29, 1.82) is 5.26 Å². The molecule has 0 saturated carbocycles. The molecule has 29 heavy (non-hydrogen) atoms. The minimum atomic E-state index is -5.02. The molecule has 1 amide bonds. The Bertz CT molecular complexity index is 940. The molecule has 0 aromatic heterocycles. The average Bonchev–Trinajstić information content (AvgIpc) is 2.62. The van der Waals surface area contributed by atoms with Gasteiger partial charge < -0.3 is 16.4 Å². The van der Waals surface area contributed by atoms with E-state index >= 15 is 0 Å². The summed E-state index contributed by atoms with van der Waals surface area (Å²) in [4.78, 5) is 12.1. The predicted molar refractivity (Wildman–Crippen MR) is 93.2 cm³/mol. The van der Waals surface area contributed by atoms with Gasteiger partial charge in [-0.1, -0.05) is 0 Å². The zero-order valence-electron chi connectivity index (χ0n) is 14.3. The Labute approximate surface area is 160 Å². The normalized spacial score (nSPS) is 12.2. The number of nitriles is 1. The van der Waals surface area contributed by atoms with E-state index in [2.05, 4.69) is 10.6 Å². The Balaban J connectivity index is 2.28. The molecule has 2 aromatic carbocycles. The molecule has 2 rings (SSSR count). The fraction of sp³-hybridized carbons (Fsp3) is 0.111. The second kappa shape index (κ2) is 8.14. The summed E-state index contributed by atoms with van der Waals surface area (Å²) in [5, 5.41) is 13.5. The highest BCUT2D eigenvalue weighted by molar-refractivity contribution is 6.06. The van der Waals surface area contributed by atoms with Crippen molar-refractivity contribution >= 4 is 23.0 Å². The van der Waals surface area contributed by atoms with Crippen LogP contribution < -0.4 is 16.4 Å². The minimum absolute atomic E-state index is 0.0338. The highest BCUT2D eigenvalue weighted by atomic mass is 19.4. The fourth-order valence-corrected chi connectivity index (χ4v) is 2.11. The summed E-state index contributed by atoms with van der Waals surface area (Å²) in [6.07, 6.45) is -9.33. The van der Waals surface area contributed by atoms with Crippen molar-refractivity contribution < 1.29 is 31.1 Å². The lowest BCUT2D eigenvalue weighted by molar-refractivity contribution is -0.143. The number of carbonyl (C=O) groups is 1. The SMILES string of the molecule is N#C/C(=C/Nc1cc(C(F)(F)F)cc(C(F)(F)F)c1)C(=O)Nc1ccc(N)cc1. The Kier molecular flexibility index (Phi) is 6.06. The lowest BCUT2D eigenvalue weighted by Gasteiger charge is -2.14. The van der Waals surface area contributed by atoms with Gasteiger partial charge in [-0.15, -0.1) is 0 Å². The third kappa shape index (κ3) is 5.90. The van der Waals surface area contributed by atoms with Crippen molar-refractivity contribution in [3.8, 4) is 6.07 Å². The molecule has 0 aliphatic rings. The molecule has 0 fully saturated rings. The molecule has 0 aliphatic carbocycles. The summed E-state index contributed by atoms with van der Waals surface area (Å²) in [6, 6.07) is 8.17.